The molecule has 21 heavy (non-hydrogen) atoms. The highest BCUT2D eigenvalue weighted by Gasteiger charge is 2.44. The summed E-state index contributed by atoms with van der Waals surface area (Å²) in [5, 5.41) is 31.0. The number of H-pyrrole nitrogens is 1. The number of carboxylic acid groups (broad SMARTS) is 1. The van der Waals surface area contributed by atoms with Crippen LogP contribution in [0.3, 0.4) is 0 Å². The third-order valence-electron chi connectivity index (χ3n) is 4.37. The highest BCUT2D eigenvalue weighted by Crippen LogP contribution is 2.37. The van der Waals surface area contributed by atoms with Crippen LogP contribution in [-0.4, -0.2) is 50.5 Å². The topological polar surface area (TPSA) is 96.8 Å². The van der Waals surface area contributed by atoms with E-state index in [0.717, 1.165) is 21.4 Å². The summed E-state index contributed by atoms with van der Waals surface area (Å²) in [6, 6.07) is 5.76. The molecule has 1 aromatic heterocycles. The molecule has 6 nitrogen and oxygen atoms in total. The van der Waals surface area contributed by atoms with Gasteiger partial charge in [-0.25, -0.2) is 4.79 Å². The number of benzene rings is 1. The van der Waals surface area contributed by atoms with Gasteiger partial charge >= 0.3 is 6.09 Å². The van der Waals surface area contributed by atoms with Crippen molar-refractivity contribution in [3.05, 3.63) is 35.5 Å². The van der Waals surface area contributed by atoms with Crippen LogP contribution in [0, 0.1) is 6.92 Å². The molecule has 0 bridgehead atoms. The monoisotopic (exact) mass is 290 g/mol. The lowest BCUT2D eigenvalue weighted by Gasteiger charge is -2.41. The van der Waals surface area contributed by atoms with Crippen molar-refractivity contribution in [2.75, 3.05) is 13.1 Å². The molecule has 1 aromatic carbocycles. The van der Waals surface area contributed by atoms with Gasteiger partial charge in [0.2, 0.25) is 0 Å². The maximum Gasteiger partial charge on any atom is 0.407 e. The quantitative estimate of drug-likeness (QED) is 0.638. The van der Waals surface area contributed by atoms with E-state index in [9.17, 15) is 15.0 Å². The van der Waals surface area contributed by atoms with Crippen LogP contribution in [0.1, 0.15) is 17.5 Å². The number of aryl methyl sites for hydroxylation is 1. The van der Waals surface area contributed by atoms with Crippen LogP contribution in [0.25, 0.3) is 10.9 Å². The molecule has 1 aliphatic heterocycles. The molecule has 2 heterocycles. The Balaban J connectivity index is 2.02. The van der Waals surface area contributed by atoms with Gasteiger partial charge in [0.25, 0.3) is 0 Å². The zero-order chi connectivity index (χ0) is 15.2. The van der Waals surface area contributed by atoms with Crippen LogP contribution in [0.5, 0.6) is 0 Å². The first-order valence-corrected chi connectivity index (χ1v) is 6.89. The summed E-state index contributed by atoms with van der Waals surface area (Å²) in [5.41, 5.74) is 1.17. The standard InChI is InChI=1S/C15H18N2O4/c1-9-3-2-4-10-11(7-16-13(9)10)15(21)5-6-17(14(19)20)8-12(15)18/h2-4,7,12,16,18,21H,5-6,8H2,1H3,(H,19,20)/t12-,15-/m1/s1. The van der Waals surface area contributed by atoms with E-state index in [4.69, 9.17) is 5.11 Å². The van der Waals surface area contributed by atoms with Gasteiger partial charge in [-0.2, -0.15) is 0 Å². The lowest BCUT2D eigenvalue weighted by Crippen LogP contribution is -2.54. The number of hydrogen-bond donors (Lipinski definition) is 4. The van der Waals surface area contributed by atoms with Crippen molar-refractivity contribution in [1.29, 1.82) is 0 Å². The minimum atomic E-state index is -1.43. The smallest absolute Gasteiger partial charge is 0.407 e. The van der Waals surface area contributed by atoms with Crippen molar-refractivity contribution in [2.24, 2.45) is 0 Å². The SMILES string of the molecule is Cc1cccc2c([C@]3(O)CCN(C(=O)O)C[C@H]3O)c[nH]c12. The van der Waals surface area contributed by atoms with Gasteiger partial charge in [0.1, 0.15) is 11.7 Å². The maximum atomic E-state index is 11.0. The highest BCUT2D eigenvalue weighted by molar-refractivity contribution is 5.86. The lowest BCUT2D eigenvalue weighted by molar-refractivity contribution is -0.118. The molecular formula is C15H18N2O4. The van der Waals surface area contributed by atoms with Crippen LogP contribution < -0.4 is 0 Å². The molecule has 1 fully saturated rings. The van der Waals surface area contributed by atoms with Crippen LogP contribution in [0.15, 0.2) is 24.4 Å². The predicted molar refractivity (Wildman–Crippen MR) is 77.2 cm³/mol. The van der Waals surface area contributed by atoms with Gasteiger partial charge in [0.15, 0.2) is 0 Å². The number of likely N-dealkylation sites (tertiary alicyclic amines) is 1. The zero-order valence-electron chi connectivity index (χ0n) is 11.7. The summed E-state index contributed by atoms with van der Waals surface area (Å²) in [6.07, 6.45) is -0.355. The Hall–Kier alpha value is -2.05. The molecule has 6 heteroatoms. The molecule has 0 unspecified atom stereocenters. The summed E-state index contributed by atoms with van der Waals surface area (Å²) >= 11 is 0. The molecule has 1 aliphatic rings. The van der Waals surface area contributed by atoms with E-state index >= 15 is 0 Å². The van der Waals surface area contributed by atoms with E-state index in [-0.39, 0.29) is 19.5 Å². The number of amides is 1. The number of piperidine rings is 1. The fourth-order valence-electron chi connectivity index (χ4n) is 3.08. The Kier molecular flexibility index (Phi) is 3.15. The first-order chi connectivity index (χ1) is 9.93. The third kappa shape index (κ3) is 2.07. The number of rotatable bonds is 1. The Bertz CT molecular complexity index is 696. The van der Waals surface area contributed by atoms with Crippen molar-refractivity contribution in [3.8, 4) is 0 Å². The molecule has 0 radical (unpaired) electrons. The molecule has 0 spiro atoms. The summed E-state index contributed by atoms with van der Waals surface area (Å²) in [4.78, 5) is 15.2. The van der Waals surface area contributed by atoms with Gasteiger partial charge in [-0.05, 0) is 12.5 Å². The number of β-amino-alcohol motifs (C(OH)–C–C–N with tert-alkyl or cyclic N) is 1. The maximum absolute atomic E-state index is 11.0. The minimum Gasteiger partial charge on any atom is -0.465 e. The van der Waals surface area contributed by atoms with E-state index in [1.54, 1.807) is 6.20 Å². The van der Waals surface area contributed by atoms with Crippen molar-refractivity contribution < 1.29 is 20.1 Å². The van der Waals surface area contributed by atoms with E-state index < -0.39 is 17.8 Å². The molecule has 2 atom stereocenters. The zero-order valence-corrected chi connectivity index (χ0v) is 11.7. The van der Waals surface area contributed by atoms with Gasteiger partial charge < -0.3 is 25.2 Å². The average molecular weight is 290 g/mol. The molecule has 1 saturated heterocycles. The summed E-state index contributed by atoms with van der Waals surface area (Å²) in [5.74, 6) is 0. The number of carbonyl (C=O) groups is 1. The normalized spacial score (nSPS) is 26.2. The van der Waals surface area contributed by atoms with Crippen molar-refractivity contribution in [1.82, 2.24) is 9.88 Å². The van der Waals surface area contributed by atoms with E-state index in [2.05, 4.69) is 4.98 Å². The Labute approximate surface area is 121 Å². The fraction of sp³-hybridized carbons (Fsp3) is 0.400. The summed E-state index contributed by atoms with van der Waals surface area (Å²) in [6.45, 7) is 2.07. The van der Waals surface area contributed by atoms with Gasteiger partial charge in [-0.3, -0.25) is 0 Å². The van der Waals surface area contributed by atoms with Crippen molar-refractivity contribution in [3.63, 3.8) is 0 Å². The van der Waals surface area contributed by atoms with E-state index in [1.807, 2.05) is 25.1 Å². The van der Waals surface area contributed by atoms with Gasteiger partial charge in [0, 0.05) is 35.6 Å². The molecule has 112 valence electrons. The van der Waals surface area contributed by atoms with Crippen LogP contribution in [-0.2, 0) is 5.60 Å². The Morgan fingerprint density at radius 3 is 2.90 bits per heavy atom. The molecular weight excluding hydrogens is 272 g/mol. The van der Waals surface area contributed by atoms with E-state index in [1.165, 1.54) is 0 Å². The summed E-state index contributed by atoms with van der Waals surface area (Å²) in [7, 11) is 0. The fourth-order valence-corrected chi connectivity index (χ4v) is 3.08. The van der Waals surface area contributed by atoms with Crippen molar-refractivity contribution in [2.45, 2.75) is 25.0 Å². The second-order valence-electron chi connectivity index (χ2n) is 5.62. The van der Waals surface area contributed by atoms with Gasteiger partial charge in [-0.15, -0.1) is 0 Å². The van der Waals surface area contributed by atoms with E-state index in [0.29, 0.717) is 5.56 Å². The Morgan fingerprint density at radius 2 is 2.24 bits per heavy atom. The number of nitrogens with one attached hydrogen (secondary N) is 1. The predicted octanol–water partition coefficient (Wildman–Crippen LogP) is 1.41. The molecule has 0 aliphatic carbocycles. The highest BCUT2D eigenvalue weighted by atomic mass is 16.4. The first-order valence-electron chi connectivity index (χ1n) is 6.89. The second-order valence-corrected chi connectivity index (χ2v) is 5.62. The number of aromatic amines is 1. The lowest BCUT2D eigenvalue weighted by atomic mass is 9.82. The molecule has 3 rings (SSSR count). The second kappa shape index (κ2) is 4.75. The van der Waals surface area contributed by atoms with Gasteiger partial charge in [-0.1, -0.05) is 18.2 Å². The van der Waals surface area contributed by atoms with Crippen LogP contribution >= 0.6 is 0 Å². The molecule has 1 amide bonds. The number of aliphatic hydroxyl groups is 2. The molecule has 0 saturated carbocycles. The van der Waals surface area contributed by atoms with Crippen LogP contribution in [0.2, 0.25) is 0 Å². The number of fused-ring (bicyclic) bond motifs is 1. The average Bonchev–Trinajstić information content (AvgIpc) is 2.87. The molecule has 4 N–H and O–H groups in total. The molecule has 2 aromatic rings. The number of aliphatic hydroxyl groups excluding tert-OH is 1. The summed E-state index contributed by atoms with van der Waals surface area (Å²) < 4.78 is 0. The minimum absolute atomic E-state index is 0.0929. The first kappa shape index (κ1) is 13.9. The Morgan fingerprint density at radius 1 is 1.48 bits per heavy atom. The third-order valence-corrected chi connectivity index (χ3v) is 4.37. The number of para-hydroxylation sites is 1. The number of nitrogens with zero attached hydrogens (tertiary/aromatic N) is 1. The van der Waals surface area contributed by atoms with Crippen LogP contribution in [0.4, 0.5) is 4.79 Å². The number of aromatic nitrogens is 1. The van der Waals surface area contributed by atoms with Crippen molar-refractivity contribution >= 4 is 17.0 Å². The largest absolute Gasteiger partial charge is 0.465 e. The van der Waals surface area contributed by atoms with Gasteiger partial charge in [0.05, 0.1) is 6.54 Å². The number of hydrogen-bond acceptors (Lipinski definition) is 3.